The van der Waals surface area contributed by atoms with E-state index in [0.717, 1.165) is 25.8 Å². The van der Waals surface area contributed by atoms with Gasteiger partial charge in [-0.25, -0.2) is 0 Å². The summed E-state index contributed by atoms with van der Waals surface area (Å²) < 4.78 is 0. The number of nitrogens with zero attached hydrogens (tertiary/aromatic N) is 1. The molecule has 2 aliphatic rings. The molecule has 0 aromatic rings. The van der Waals surface area contributed by atoms with Crippen LogP contribution in [0.5, 0.6) is 0 Å². The van der Waals surface area contributed by atoms with Crippen LogP contribution in [0.1, 0.15) is 46.0 Å². The van der Waals surface area contributed by atoms with Crippen LogP contribution in [0.3, 0.4) is 0 Å². The molecule has 4 heteroatoms. The first kappa shape index (κ1) is 13.8. The van der Waals surface area contributed by atoms with Crippen molar-refractivity contribution in [3.63, 3.8) is 0 Å². The van der Waals surface area contributed by atoms with E-state index in [1.165, 1.54) is 19.4 Å². The van der Waals surface area contributed by atoms with Crippen molar-refractivity contribution in [2.45, 2.75) is 64.1 Å². The summed E-state index contributed by atoms with van der Waals surface area (Å²) in [5.74, 6) is 0.303. The highest BCUT2D eigenvalue weighted by Gasteiger charge is 2.33. The molecule has 4 nitrogen and oxygen atoms in total. The molecule has 0 aromatic carbocycles. The van der Waals surface area contributed by atoms with Crippen LogP contribution in [0.4, 0.5) is 0 Å². The van der Waals surface area contributed by atoms with Gasteiger partial charge in [0.05, 0.1) is 6.04 Å². The Bertz CT molecular complexity index is 295. The predicted molar refractivity (Wildman–Crippen MR) is 73.2 cm³/mol. The van der Waals surface area contributed by atoms with E-state index in [9.17, 15) is 4.79 Å². The Morgan fingerprint density at radius 1 is 1.44 bits per heavy atom. The molecule has 2 fully saturated rings. The van der Waals surface area contributed by atoms with Gasteiger partial charge in [-0.15, -0.1) is 0 Å². The van der Waals surface area contributed by atoms with Gasteiger partial charge in [0.1, 0.15) is 0 Å². The average Bonchev–Trinajstić information content (AvgIpc) is 2.84. The number of nitrogens with two attached hydrogens (primary N) is 1. The molecule has 1 amide bonds. The largest absolute Gasteiger partial charge is 0.352 e. The number of carbonyl (C=O) groups excluding carboxylic acids is 1. The summed E-state index contributed by atoms with van der Waals surface area (Å²) >= 11 is 0. The maximum atomic E-state index is 12.1. The van der Waals surface area contributed by atoms with Gasteiger partial charge in [-0.3, -0.25) is 4.79 Å². The number of fused-ring (bicyclic) bond motifs is 1. The topological polar surface area (TPSA) is 58.4 Å². The minimum atomic E-state index is -0.350. The van der Waals surface area contributed by atoms with Gasteiger partial charge in [-0.2, -0.15) is 0 Å². The second-order valence-electron chi connectivity index (χ2n) is 5.97. The summed E-state index contributed by atoms with van der Waals surface area (Å²) in [7, 11) is 0. The van der Waals surface area contributed by atoms with Gasteiger partial charge in [0.2, 0.25) is 5.91 Å². The monoisotopic (exact) mass is 253 g/mol. The number of carbonyl (C=O) groups is 1. The van der Waals surface area contributed by atoms with E-state index < -0.39 is 0 Å². The molecule has 2 saturated heterocycles. The quantitative estimate of drug-likeness (QED) is 0.789. The van der Waals surface area contributed by atoms with Gasteiger partial charge in [-0.05, 0) is 38.1 Å². The molecule has 4 atom stereocenters. The molecule has 3 N–H and O–H groups in total. The fourth-order valence-corrected chi connectivity index (χ4v) is 3.17. The molecule has 0 spiro atoms. The second-order valence-corrected chi connectivity index (χ2v) is 5.97. The van der Waals surface area contributed by atoms with Crippen molar-refractivity contribution < 1.29 is 4.79 Å². The first-order valence-corrected chi connectivity index (χ1v) is 7.41. The molecule has 3 unspecified atom stereocenters. The van der Waals surface area contributed by atoms with Gasteiger partial charge < -0.3 is 16.0 Å². The summed E-state index contributed by atoms with van der Waals surface area (Å²) in [6.45, 7) is 6.50. The summed E-state index contributed by atoms with van der Waals surface area (Å²) in [5.41, 5.74) is 5.97. The van der Waals surface area contributed by atoms with Crippen LogP contribution >= 0.6 is 0 Å². The molecule has 104 valence electrons. The molecule has 0 radical (unpaired) electrons. The maximum absolute atomic E-state index is 12.1. The minimum absolute atomic E-state index is 0.0424. The third-order valence-electron chi connectivity index (χ3n) is 4.73. The van der Waals surface area contributed by atoms with Gasteiger partial charge in [0, 0.05) is 18.6 Å². The van der Waals surface area contributed by atoms with Gasteiger partial charge in [0.25, 0.3) is 0 Å². The molecule has 0 saturated carbocycles. The van der Waals surface area contributed by atoms with Gasteiger partial charge in [0.15, 0.2) is 0 Å². The van der Waals surface area contributed by atoms with E-state index in [2.05, 4.69) is 17.1 Å². The molecular formula is C14H27N3O. The molecule has 18 heavy (non-hydrogen) atoms. The zero-order chi connectivity index (χ0) is 13.1. The highest BCUT2D eigenvalue weighted by molar-refractivity contribution is 5.82. The predicted octanol–water partition coefficient (Wildman–Crippen LogP) is 1.10. The van der Waals surface area contributed by atoms with E-state index in [1.54, 1.807) is 0 Å². The summed E-state index contributed by atoms with van der Waals surface area (Å²) in [5, 5.41) is 3.16. The van der Waals surface area contributed by atoms with Crippen LogP contribution in [-0.2, 0) is 4.79 Å². The van der Waals surface area contributed by atoms with Crippen LogP contribution < -0.4 is 11.1 Å². The van der Waals surface area contributed by atoms with E-state index >= 15 is 0 Å². The number of rotatable bonds is 4. The summed E-state index contributed by atoms with van der Waals surface area (Å²) in [4.78, 5) is 14.6. The van der Waals surface area contributed by atoms with Crippen LogP contribution in [0.2, 0.25) is 0 Å². The fourth-order valence-electron chi connectivity index (χ4n) is 3.17. The Labute approximate surface area is 110 Å². The van der Waals surface area contributed by atoms with Crippen molar-refractivity contribution in [2.24, 2.45) is 11.7 Å². The Hall–Kier alpha value is -0.610. The Morgan fingerprint density at radius 3 is 2.94 bits per heavy atom. The van der Waals surface area contributed by atoms with Crippen molar-refractivity contribution in [1.82, 2.24) is 10.2 Å². The molecule has 2 aliphatic heterocycles. The second kappa shape index (κ2) is 6.02. The molecule has 2 rings (SSSR count). The van der Waals surface area contributed by atoms with E-state index in [1.807, 2.05) is 6.92 Å². The van der Waals surface area contributed by atoms with Crippen LogP contribution in [-0.4, -0.2) is 42.0 Å². The molecular weight excluding hydrogens is 226 g/mol. The number of hydrogen-bond donors (Lipinski definition) is 2. The van der Waals surface area contributed by atoms with Crippen LogP contribution in [0.15, 0.2) is 0 Å². The van der Waals surface area contributed by atoms with E-state index in [-0.39, 0.29) is 17.9 Å². The van der Waals surface area contributed by atoms with Crippen molar-refractivity contribution in [1.29, 1.82) is 0 Å². The average molecular weight is 253 g/mol. The maximum Gasteiger partial charge on any atom is 0.237 e. The third-order valence-corrected chi connectivity index (χ3v) is 4.73. The minimum Gasteiger partial charge on any atom is -0.352 e. The number of nitrogens with one attached hydrogen (secondary N) is 1. The van der Waals surface area contributed by atoms with Gasteiger partial charge in [-0.1, -0.05) is 20.3 Å². The number of piperidine rings is 1. The van der Waals surface area contributed by atoms with Crippen molar-refractivity contribution in [3.8, 4) is 0 Å². The molecule has 2 heterocycles. The first-order valence-electron chi connectivity index (χ1n) is 7.41. The van der Waals surface area contributed by atoms with Crippen LogP contribution in [0.25, 0.3) is 0 Å². The molecule has 0 bridgehead atoms. The Balaban J connectivity index is 1.81. The van der Waals surface area contributed by atoms with Crippen molar-refractivity contribution in [3.05, 3.63) is 0 Å². The normalized spacial score (nSPS) is 31.7. The lowest BCUT2D eigenvalue weighted by Gasteiger charge is -2.35. The number of hydrogen-bond acceptors (Lipinski definition) is 3. The first-order chi connectivity index (χ1) is 8.61. The zero-order valence-corrected chi connectivity index (χ0v) is 11.7. The highest BCUT2D eigenvalue weighted by atomic mass is 16.2. The summed E-state index contributed by atoms with van der Waals surface area (Å²) in [6, 6.07) is 0.687. The SMILES string of the molecule is CCC(C)[C@H](N)C(=O)NC1CCN2CCCC2C1. The summed E-state index contributed by atoms with van der Waals surface area (Å²) in [6.07, 6.45) is 5.76. The van der Waals surface area contributed by atoms with Crippen LogP contribution in [0, 0.1) is 5.92 Å². The smallest absolute Gasteiger partial charge is 0.237 e. The third kappa shape index (κ3) is 3.04. The Morgan fingerprint density at radius 2 is 2.22 bits per heavy atom. The van der Waals surface area contributed by atoms with Crippen molar-refractivity contribution in [2.75, 3.05) is 13.1 Å². The highest BCUT2D eigenvalue weighted by Crippen LogP contribution is 2.26. The molecule has 0 aliphatic carbocycles. The number of amides is 1. The fraction of sp³-hybridized carbons (Fsp3) is 0.929. The standard InChI is InChI=1S/C14H27N3O/c1-3-10(2)13(15)14(18)16-11-6-8-17-7-4-5-12(17)9-11/h10-13H,3-9,15H2,1-2H3,(H,16,18)/t10?,11?,12?,13-/m0/s1. The zero-order valence-electron chi connectivity index (χ0n) is 11.7. The molecule has 0 aromatic heterocycles. The lowest BCUT2D eigenvalue weighted by atomic mass is 9.95. The lowest BCUT2D eigenvalue weighted by molar-refractivity contribution is -0.124. The van der Waals surface area contributed by atoms with Crippen molar-refractivity contribution >= 4 is 5.91 Å². The lowest BCUT2D eigenvalue weighted by Crippen LogP contribution is -2.52. The van der Waals surface area contributed by atoms with E-state index in [0.29, 0.717) is 12.1 Å². The van der Waals surface area contributed by atoms with E-state index in [4.69, 9.17) is 5.73 Å². The Kier molecular flexibility index (Phi) is 4.62. The van der Waals surface area contributed by atoms with Gasteiger partial charge >= 0.3 is 0 Å².